The van der Waals surface area contributed by atoms with E-state index in [9.17, 15) is 9.50 Å². The molecule has 0 unspecified atom stereocenters. The predicted octanol–water partition coefficient (Wildman–Crippen LogP) is 2.68. The van der Waals surface area contributed by atoms with Gasteiger partial charge in [-0.05, 0) is 63.4 Å². The minimum Gasteiger partial charge on any atom is -0.396 e. The lowest BCUT2D eigenvalue weighted by Gasteiger charge is -2.42. The number of benzene rings is 1. The average molecular weight is 372 g/mol. The van der Waals surface area contributed by atoms with Gasteiger partial charge in [-0.25, -0.2) is 9.07 Å². The summed E-state index contributed by atoms with van der Waals surface area (Å²) in [4.78, 5) is 5.11. The molecule has 4 rings (SSSR count). The molecule has 0 saturated carbocycles. The van der Waals surface area contributed by atoms with E-state index >= 15 is 0 Å². The number of aromatic nitrogens is 2. The van der Waals surface area contributed by atoms with Crippen molar-refractivity contribution in [2.45, 2.75) is 38.3 Å². The molecule has 27 heavy (non-hydrogen) atoms. The van der Waals surface area contributed by atoms with Gasteiger partial charge in [-0.1, -0.05) is 12.1 Å². The highest BCUT2D eigenvalue weighted by molar-refractivity contribution is 5.32. The molecule has 0 bridgehead atoms. The van der Waals surface area contributed by atoms with E-state index in [2.05, 4.69) is 14.9 Å². The molecular formula is C21H29FN4O. The first-order valence-corrected chi connectivity index (χ1v) is 10.1. The molecule has 2 aliphatic heterocycles. The Hall–Kier alpha value is -1.76. The summed E-state index contributed by atoms with van der Waals surface area (Å²) in [5.74, 6) is 0.238. The second-order valence-corrected chi connectivity index (χ2v) is 7.94. The maximum Gasteiger partial charge on any atom is 0.148 e. The van der Waals surface area contributed by atoms with Crippen LogP contribution < -0.4 is 0 Å². The van der Waals surface area contributed by atoms with Crippen LogP contribution in [0, 0.1) is 11.7 Å². The van der Waals surface area contributed by atoms with Crippen LogP contribution in [0.2, 0.25) is 0 Å². The standard InChI is InChI=1S/C21H29FN4O/c22-20-5-1-2-6-21(20)26-14-18(12-23-26)13-24-9-3-4-19(15-24)25-10-7-17(16-27)8-11-25/h1-2,5-6,12,14,17,19,27H,3-4,7-11,13,15-16H2/t19-/m1/s1. The fourth-order valence-electron chi connectivity index (χ4n) is 4.44. The largest absolute Gasteiger partial charge is 0.396 e. The SMILES string of the molecule is OCC1CCN([C@@H]2CCCN(Cc3cnn(-c4ccccc4F)c3)C2)CC1. The Kier molecular flexibility index (Phi) is 5.86. The normalized spacial score (nSPS) is 23.0. The Bertz CT molecular complexity index is 741. The molecular weight excluding hydrogens is 343 g/mol. The molecule has 1 aromatic heterocycles. The minimum absolute atomic E-state index is 0.253. The first kappa shape index (κ1) is 18.6. The van der Waals surface area contributed by atoms with Gasteiger partial charge in [-0.2, -0.15) is 5.10 Å². The molecule has 0 aliphatic carbocycles. The maximum atomic E-state index is 14.0. The Morgan fingerprint density at radius 1 is 1.11 bits per heavy atom. The van der Waals surface area contributed by atoms with Crippen molar-refractivity contribution in [3.05, 3.63) is 48.0 Å². The number of piperidine rings is 2. The van der Waals surface area contributed by atoms with E-state index < -0.39 is 0 Å². The van der Waals surface area contributed by atoms with Gasteiger partial charge in [0.2, 0.25) is 0 Å². The minimum atomic E-state index is -0.253. The Labute approximate surface area is 160 Å². The summed E-state index contributed by atoms with van der Waals surface area (Å²) < 4.78 is 15.6. The molecule has 1 atom stereocenters. The molecule has 1 N–H and O–H groups in total. The van der Waals surface area contributed by atoms with Crippen LogP contribution in [0.5, 0.6) is 0 Å². The second kappa shape index (κ2) is 8.50. The number of hydrogen-bond acceptors (Lipinski definition) is 4. The van der Waals surface area contributed by atoms with E-state index in [-0.39, 0.29) is 5.82 Å². The number of likely N-dealkylation sites (tertiary alicyclic amines) is 2. The van der Waals surface area contributed by atoms with Crippen LogP contribution in [-0.2, 0) is 6.54 Å². The summed E-state index contributed by atoms with van der Waals surface area (Å²) in [6.07, 6.45) is 8.49. The summed E-state index contributed by atoms with van der Waals surface area (Å²) in [7, 11) is 0. The van der Waals surface area contributed by atoms with E-state index in [4.69, 9.17) is 0 Å². The molecule has 0 radical (unpaired) electrons. The third-order valence-corrected chi connectivity index (χ3v) is 6.05. The van der Waals surface area contributed by atoms with Crippen LogP contribution in [0.15, 0.2) is 36.7 Å². The summed E-state index contributed by atoms with van der Waals surface area (Å²) >= 11 is 0. The quantitative estimate of drug-likeness (QED) is 0.877. The molecule has 3 heterocycles. The first-order chi connectivity index (χ1) is 13.2. The fourth-order valence-corrected chi connectivity index (χ4v) is 4.44. The van der Waals surface area contributed by atoms with Gasteiger partial charge in [0.1, 0.15) is 11.5 Å². The molecule has 6 heteroatoms. The highest BCUT2D eigenvalue weighted by atomic mass is 19.1. The number of aliphatic hydroxyl groups excluding tert-OH is 1. The molecule has 1 aromatic carbocycles. The van der Waals surface area contributed by atoms with Gasteiger partial charge in [-0.15, -0.1) is 0 Å². The zero-order valence-corrected chi connectivity index (χ0v) is 15.8. The maximum absolute atomic E-state index is 14.0. The third-order valence-electron chi connectivity index (χ3n) is 6.05. The first-order valence-electron chi connectivity index (χ1n) is 10.1. The van der Waals surface area contributed by atoms with Crippen LogP contribution >= 0.6 is 0 Å². The Morgan fingerprint density at radius 3 is 2.70 bits per heavy atom. The van der Waals surface area contributed by atoms with Crippen molar-refractivity contribution in [1.82, 2.24) is 19.6 Å². The lowest BCUT2D eigenvalue weighted by molar-refractivity contribution is 0.0544. The Balaban J connectivity index is 1.35. The smallest absolute Gasteiger partial charge is 0.148 e. The van der Waals surface area contributed by atoms with Crippen molar-refractivity contribution in [2.75, 3.05) is 32.8 Å². The molecule has 2 aliphatic rings. The van der Waals surface area contributed by atoms with Crippen LogP contribution in [0.3, 0.4) is 0 Å². The van der Waals surface area contributed by atoms with Gasteiger partial charge in [-0.3, -0.25) is 9.80 Å². The summed E-state index contributed by atoms with van der Waals surface area (Å²) in [6, 6.07) is 7.35. The van der Waals surface area contributed by atoms with Gasteiger partial charge in [0, 0.05) is 37.5 Å². The van der Waals surface area contributed by atoms with Crippen LogP contribution in [0.4, 0.5) is 4.39 Å². The summed E-state index contributed by atoms with van der Waals surface area (Å²) in [6.45, 7) is 5.59. The summed E-state index contributed by atoms with van der Waals surface area (Å²) in [5.41, 5.74) is 1.62. The van der Waals surface area contributed by atoms with E-state index in [1.807, 2.05) is 18.5 Å². The lowest BCUT2D eigenvalue weighted by atomic mass is 9.94. The molecule has 146 valence electrons. The zero-order valence-electron chi connectivity index (χ0n) is 15.8. The molecule has 5 nitrogen and oxygen atoms in total. The van der Waals surface area contributed by atoms with Crippen LogP contribution in [0.1, 0.15) is 31.2 Å². The van der Waals surface area contributed by atoms with E-state index in [0.29, 0.717) is 24.3 Å². The van der Waals surface area contributed by atoms with Crippen molar-refractivity contribution >= 4 is 0 Å². The van der Waals surface area contributed by atoms with Crippen molar-refractivity contribution in [3.63, 3.8) is 0 Å². The van der Waals surface area contributed by atoms with Crippen LogP contribution in [0.25, 0.3) is 5.69 Å². The third kappa shape index (κ3) is 4.39. The monoisotopic (exact) mass is 372 g/mol. The number of halogens is 1. The summed E-state index contributed by atoms with van der Waals surface area (Å²) in [5, 5.41) is 13.7. The number of aliphatic hydroxyl groups is 1. The molecule has 0 spiro atoms. The second-order valence-electron chi connectivity index (χ2n) is 7.94. The van der Waals surface area contributed by atoms with Crippen LogP contribution in [-0.4, -0.2) is 63.5 Å². The lowest BCUT2D eigenvalue weighted by Crippen LogP contribution is -2.50. The van der Waals surface area contributed by atoms with Gasteiger partial charge >= 0.3 is 0 Å². The topological polar surface area (TPSA) is 44.5 Å². The van der Waals surface area contributed by atoms with E-state index in [1.165, 1.54) is 18.9 Å². The fraction of sp³-hybridized carbons (Fsp3) is 0.571. The van der Waals surface area contributed by atoms with E-state index in [0.717, 1.165) is 51.1 Å². The molecule has 2 aromatic rings. The zero-order chi connectivity index (χ0) is 18.6. The van der Waals surface area contributed by atoms with Gasteiger partial charge in [0.05, 0.1) is 6.20 Å². The number of hydrogen-bond donors (Lipinski definition) is 1. The average Bonchev–Trinajstić information content (AvgIpc) is 3.17. The van der Waals surface area contributed by atoms with Gasteiger partial charge in [0.15, 0.2) is 0 Å². The van der Waals surface area contributed by atoms with E-state index in [1.54, 1.807) is 16.8 Å². The number of nitrogens with zero attached hydrogens (tertiary/aromatic N) is 4. The van der Waals surface area contributed by atoms with Crippen molar-refractivity contribution in [2.24, 2.45) is 5.92 Å². The molecule has 2 saturated heterocycles. The predicted molar refractivity (Wildman–Crippen MR) is 103 cm³/mol. The highest BCUT2D eigenvalue weighted by Gasteiger charge is 2.28. The van der Waals surface area contributed by atoms with Gasteiger partial charge < -0.3 is 5.11 Å². The van der Waals surface area contributed by atoms with Crippen molar-refractivity contribution in [3.8, 4) is 5.69 Å². The Morgan fingerprint density at radius 2 is 1.93 bits per heavy atom. The molecule has 2 fully saturated rings. The number of rotatable bonds is 5. The molecule has 0 amide bonds. The number of para-hydroxylation sites is 1. The van der Waals surface area contributed by atoms with Crippen molar-refractivity contribution in [1.29, 1.82) is 0 Å². The highest BCUT2D eigenvalue weighted by Crippen LogP contribution is 2.24. The van der Waals surface area contributed by atoms with Gasteiger partial charge in [0.25, 0.3) is 0 Å². The van der Waals surface area contributed by atoms with Crippen molar-refractivity contribution < 1.29 is 9.50 Å².